The molecule has 0 radical (unpaired) electrons. The van der Waals surface area contributed by atoms with Crippen LogP contribution in [0, 0.1) is 6.92 Å². The quantitative estimate of drug-likeness (QED) is 0.542. The van der Waals surface area contributed by atoms with Crippen LogP contribution < -0.4 is 10.0 Å². The predicted octanol–water partition coefficient (Wildman–Crippen LogP) is 0.355. The molecule has 1 saturated heterocycles. The maximum atomic E-state index is 12.5. The van der Waals surface area contributed by atoms with E-state index in [0.717, 1.165) is 44.7 Å². The monoisotopic (exact) mass is 355 g/mol. The Balaban J connectivity index is 1.98. The van der Waals surface area contributed by atoms with Crippen LogP contribution in [0.15, 0.2) is 23.1 Å². The third kappa shape index (κ3) is 5.01. The van der Waals surface area contributed by atoms with Crippen molar-refractivity contribution in [3.63, 3.8) is 0 Å². The van der Waals surface area contributed by atoms with Gasteiger partial charge in [0.15, 0.2) is 0 Å². The molecule has 0 saturated carbocycles. The number of hydrogen-bond acceptors (Lipinski definition) is 6. The number of ether oxygens (including phenoxy) is 1. The summed E-state index contributed by atoms with van der Waals surface area (Å²) in [5, 5.41) is 3.28. The van der Waals surface area contributed by atoms with Crippen LogP contribution in [0.5, 0.6) is 0 Å². The first kappa shape index (κ1) is 18.9. The summed E-state index contributed by atoms with van der Waals surface area (Å²) in [6.45, 7) is 6.88. The molecule has 7 nitrogen and oxygen atoms in total. The standard InChI is InChI=1S/C16H25N3O4S/c1-13-4-5-15(14(12-13)16(20)23-2)24(21,22)18-6-3-9-19-10-7-17-8-11-19/h4-5,12,17-18H,3,6-11H2,1-2H3. The molecule has 0 spiro atoms. The number of methoxy groups -OCH3 is 1. The van der Waals surface area contributed by atoms with E-state index in [1.165, 1.54) is 19.2 Å². The average molecular weight is 355 g/mol. The Morgan fingerprint density at radius 3 is 2.71 bits per heavy atom. The normalized spacial score (nSPS) is 16.1. The number of carbonyl (C=O) groups is 1. The van der Waals surface area contributed by atoms with Gasteiger partial charge >= 0.3 is 5.97 Å². The fraction of sp³-hybridized carbons (Fsp3) is 0.562. The summed E-state index contributed by atoms with van der Waals surface area (Å²) in [6.07, 6.45) is 0.721. The van der Waals surface area contributed by atoms with Crippen LogP contribution in [0.2, 0.25) is 0 Å². The lowest BCUT2D eigenvalue weighted by Gasteiger charge is -2.27. The van der Waals surface area contributed by atoms with Crippen LogP contribution >= 0.6 is 0 Å². The Bertz CT molecular complexity index is 670. The van der Waals surface area contributed by atoms with Crippen LogP contribution in [0.1, 0.15) is 22.3 Å². The number of carbonyl (C=O) groups excluding carboxylic acids is 1. The van der Waals surface area contributed by atoms with E-state index in [1.807, 2.05) is 0 Å². The highest BCUT2D eigenvalue weighted by atomic mass is 32.2. The van der Waals surface area contributed by atoms with Crippen molar-refractivity contribution in [2.24, 2.45) is 0 Å². The molecule has 8 heteroatoms. The number of benzene rings is 1. The third-order valence-corrected chi connectivity index (χ3v) is 5.50. The Labute approximate surface area is 143 Å². The van der Waals surface area contributed by atoms with E-state index < -0.39 is 16.0 Å². The molecule has 1 aromatic carbocycles. The second-order valence-corrected chi connectivity index (χ2v) is 7.57. The molecule has 2 N–H and O–H groups in total. The molecule has 0 aliphatic carbocycles. The molecular weight excluding hydrogens is 330 g/mol. The zero-order chi connectivity index (χ0) is 17.6. The van der Waals surface area contributed by atoms with Gasteiger partial charge in [-0.1, -0.05) is 11.6 Å². The van der Waals surface area contributed by atoms with Crippen molar-refractivity contribution in [1.29, 1.82) is 0 Å². The number of nitrogens with zero attached hydrogens (tertiary/aromatic N) is 1. The molecule has 134 valence electrons. The van der Waals surface area contributed by atoms with Gasteiger partial charge < -0.3 is 15.0 Å². The van der Waals surface area contributed by atoms with Crippen molar-refractivity contribution in [2.45, 2.75) is 18.2 Å². The van der Waals surface area contributed by atoms with Gasteiger partial charge in [0.1, 0.15) is 0 Å². The topological polar surface area (TPSA) is 87.7 Å². The Kier molecular flexibility index (Phi) is 6.73. The summed E-state index contributed by atoms with van der Waals surface area (Å²) < 4.78 is 32.3. The van der Waals surface area contributed by atoms with Gasteiger partial charge in [-0.2, -0.15) is 0 Å². The first-order chi connectivity index (χ1) is 11.4. The number of esters is 1. The maximum Gasteiger partial charge on any atom is 0.339 e. The molecular formula is C16H25N3O4S. The van der Waals surface area contributed by atoms with Crippen LogP contribution in [-0.2, 0) is 14.8 Å². The highest BCUT2D eigenvalue weighted by Crippen LogP contribution is 2.18. The molecule has 0 bridgehead atoms. The Hall–Kier alpha value is -1.48. The minimum atomic E-state index is -3.75. The molecule has 0 aromatic heterocycles. The van der Waals surface area contributed by atoms with Gasteiger partial charge in [-0.15, -0.1) is 0 Å². The summed E-state index contributed by atoms with van der Waals surface area (Å²) in [5.74, 6) is -0.653. The number of sulfonamides is 1. The molecule has 24 heavy (non-hydrogen) atoms. The summed E-state index contributed by atoms with van der Waals surface area (Å²) in [6, 6.07) is 4.64. The van der Waals surface area contributed by atoms with Gasteiger partial charge in [-0.3, -0.25) is 0 Å². The van der Waals surface area contributed by atoms with Crippen molar-refractivity contribution in [2.75, 3.05) is 46.4 Å². The van der Waals surface area contributed by atoms with Crippen molar-refractivity contribution >= 4 is 16.0 Å². The van der Waals surface area contributed by atoms with Crippen LogP contribution in [0.4, 0.5) is 0 Å². The molecule has 1 aliphatic rings. The number of rotatable bonds is 7. The maximum absolute atomic E-state index is 12.5. The lowest BCUT2D eigenvalue weighted by Crippen LogP contribution is -2.44. The highest BCUT2D eigenvalue weighted by Gasteiger charge is 2.23. The molecule has 0 unspecified atom stereocenters. The van der Waals surface area contributed by atoms with Gasteiger partial charge in [0, 0.05) is 32.7 Å². The SMILES string of the molecule is COC(=O)c1cc(C)ccc1S(=O)(=O)NCCCN1CCNCC1. The molecule has 1 heterocycles. The van der Waals surface area contributed by atoms with Gasteiger partial charge in [0.2, 0.25) is 10.0 Å². The van der Waals surface area contributed by atoms with E-state index in [2.05, 4.69) is 19.7 Å². The molecule has 1 fully saturated rings. The zero-order valence-electron chi connectivity index (χ0n) is 14.2. The van der Waals surface area contributed by atoms with Gasteiger partial charge in [-0.25, -0.2) is 17.9 Å². The average Bonchev–Trinajstić information content (AvgIpc) is 2.58. The van der Waals surface area contributed by atoms with Crippen molar-refractivity contribution < 1.29 is 17.9 Å². The van der Waals surface area contributed by atoms with Gasteiger partial charge in [0.25, 0.3) is 0 Å². The summed E-state index contributed by atoms with van der Waals surface area (Å²) in [5.41, 5.74) is 0.861. The third-order valence-electron chi connectivity index (χ3n) is 3.98. The van der Waals surface area contributed by atoms with E-state index in [0.29, 0.717) is 6.54 Å². The zero-order valence-corrected chi connectivity index (χ0v) is 15.0. The van der Waals surface area contributed by atoms with E-state index >= 15 is 0 Å². The lowest BCUT2D eigenvalue weighted by molar-refractivity contribution is 0.0596. The number of aryl methyl sites for hydroxylation is 1. The van der Waals surface area contributed by atoms with Crippen LogP contribution in [0.25, 0.3) is 0 Å². The molecule has 0 amide bonds. The second kappa shape index (κ2) is 8.57. The minimum absolute atomic E-state index is 0.0397. The fourth-order valence-corrected chi connectivity index (χ4v) is 3.92. The summed E-state index contributed by atoms with van der Waals surface area (Å²) in [7, 11) is -2.51. The van der Waals surface area contributed by atoms with Crippen LogP contribution in [0.3, 0.4) is 0 Å². The number of piperazine rings is 1. The molecule has 1 aliphatic heterocycles. The number of hydrogen-bond donors (Lipinski definition) is 2. The van der Waals surface area contributed by atoms with Gasteiger partial charge in [0.05, 0.1) is 17.6 Å². The molecule has 2 rings (SSSR count). The summed E-state index contributed by atoms with van der Waals surface area (Å²) in [4.78, 5) is 14.1. The van der Waals surface area contributed by atoms with Crippen molar-refractivity contribution in [3.05, 3.63) is 29.3 Å². The summed E-state index contributed by atoms with van der Waals surface area (Å²) >= 11 is 0. The largest absolute Gasteiger partial charge is 0.465 e. The molecule has 1 aromatic rings. The van der Waals surface area contributed by atoms with E-state index in [1.54, 1.807) is 13.0 Å². The first-order valence-corrected chi connectivity index (χ1v) is 9.54. The Morgan fingerprint density at radius 2 is 2.04 bits per heavy atom. The molecule has 0 atom stereocenters. The van der Waals surface area contributed by atoms with E-state index in [4.69, 9.17) is 0 Å². The van der Waals surface area contributed by atoms with E-state index in [9.17, 15) is 13.2 Å². The number of nitrogens with one attached hydrogen (secondary N) is 2. The first-order valence-electron chi connectivity index (χ1n) is 8.06. The van der Waals surface area contributed by atoms with Gasteiger partial charge in [-0.05, 0) is 32.0 Å². The van der Waals surface area contributed by atoms with E-state index in [-0.39, 0.29) is 10.5 Å². The highest BCUT2D eigenvalue weighted by molar-refractivity contribution is 7.89. The van der Waals surface area contributed by atoms with Crippen molar-refractivity contribution in [1.82, 2.24) is 14.9 Å². The van der Waals surface area contributed by atoms with Crippen LogP contribution in [-0.4, -0.2) is 65.7 Å². The smallest absolute Gasteiger partial charge is 0.339 e. The van der Waals surface area contributed by atoms with Crippen molar-refractivity contribution in [3.8, 4) is 0 Å². The second-order valence-electron chi connectivity index (χ2n) is 5.83. The fourth-order valence-electron chi connectivity index (χ4n) is 2.67. The predicted molar refractivity (Wildman–Crippen MR) is 91.6 cm³/mol. The lowest BCUT2D eigenvalue weighted by atomic mass is 10.1. The Morgan fingerprint density at radius 1 is 1.33 bits per heavy atom. The minimum Gasteiger partial charge on any atom is -0.465 e.